The van der Waals surface area contributed by atoms with Gasteiger partial charge in [-0.1, -0.05) is 32.8 Å². The molecule has 1 aliphatic rings. The number of hydrogen-bond acceptors (Lipinski definition) is 10. The smallest absolute Gasteiger partial charge is 0.330 e. The quantitative estimate of drug-likeness (QED) is 0.107. The summed E-state index contributed by atoms with van der Waals surface area (Å²) in [6.45, 7) is 9.38. The molecular formula is C28H47O11P. The Labute approximate surface area is 239 Å². The van der Waals surface area contributed by atoms with Gasteiger partial charge in [0, 0.05) is 48.0 Å². The van der Waals surface area contributed by atoms with E-state index in [0.29, 0.717) is 25.0 Å². The first-order valence-electron chi connectivity index (χ1n) is 13.6. The standard InChI is InChI=1S/C28H47O11P/c1-8-9-12-36-19(3)23(39-40)16-21-14-20(15-26(33)34-6)22(13-18(2)29)28(35-7,38-21)27(4,5)17-37-25(32)11-10-24(30)31/h15,19,21-23H,8-14,16-17,40H2,1-7H3,(H,30,31)/b20-15+/t19-,21+,22+,23-,28-/m1/s1. The van der Waals surface area contributed by atoms with Gasteiger partial charge in [0.1, 0.15) is 12.4 Å². The zero-order valence-electron chi connectivity index (χ0n) is 24.9. The molecule has 1 fully saturated rings. The van der Waals surface area contributed by atoms with Gasteiger partial charge in [0.05, 0.1) is 43.7 Å². The minimum Gasteiger partial charge on any atom is -0.481 e. The summed E-state index contributed by atoms with van der Waals surface area (Å²) in [5.74, 6) is -4.74. The number of aliphatic carboxylic acids is 1. The van der Waals surface area contributed by atoms with Gasteiger partial charge in [-0.2, -0.15) is 0 Å². The van der Waals surface area contributed by atoms with Crippen molar-refractivity contribution in [3.8, 4) is 0 Å². The van der Waals surface area contributed by atoms with Crippen LogP contribution >= 0.6 is 9.47 Å². The van der Waals surface area contributed by atoms with E-state index in [9.17, 15) is 19.2 Å². The number of carboxylic acids is 1. The van der Waals surface area contributed by atoms with Crippen molar-refractivity contribution in [2.24, 2.45) is 11.3 Å². The van der Waals surface area contributed by atoms with Gasteiger partial charge >= 0.3 is 17.9 Å². The number of hydrogen-bond donors (Lipinski definition) is 1. The first-order chi connectivity index (χ1) is 18.8. The topological polar surface area (TPSA) is 144 Å². The van der Waals surface area contributed by atoms with Crippen LogP contribution in [0.25, 0.3) is 0 Å². The lowest BCUT2D eigenvalue weighted by Gasteiger charge is -2.54. The van der Waals surface area contributed by atoms with E-state index in [1.165, 1.54) is 27.2 Å². The van der Waals surface area contributed by atoms with Gasteiger partial charge in [-0.15, -0.1) is 0 Å². The van der Waals surface area contributed by atoms with Crippen LogP contribution in [0.3, 0.4) is 0 Å². The number of esters is 2. The van der Waals surface area contributed by atoms with Crippen molar-refractivity contribution < 1.29 is 52.5 Å². The normalized spacial score (nSPS) is 23.9. The monoisotopic (exact) mass is 590 g/mol. The van der Waals surface area contributed by atoms with E-state index in [0.717, 1.165) is 12.8 Å². The highest BCUT2D eigenvalue weighted by molar-refractivity contribution is 7.09. The maximum atomic E-state index is 12.4. The molecule has 1 saturated heterocycles. The number of Topliss-reactive ketones (excluding diaryl/α,β-unsaturated/α-hetero) is 1. The summed E-state index contributed by atoms with van der Waals surface area (Å²) < 4.78 is 34.8. The molecule has 1 heterocycles. The molecule has 0 aliphatic carbocycles. The van der Waals surface area contributed by atoms with Crippen LogP contribution in [0.5, 0.6) is 0 Å². The summed E-state index contributed by atoms with van der Waals surface area (Å²) in [6, 6.07) is 0. The predicted octanol–water partition coefficient (Wildman–Crippen LogP) is 4.02. The fourth-order valence-electron chi connectivity index (χ4n) is 4.95. The summed E-state index contributed by atoms with van der Waals surface area (Å²) in [7, 11) is 4.99. The third-order valence-corrected chi connectivity index (χ3v) is 7.51. The van der Waals surface area contributed by atoms with E-state index in [2.05, 4.69) is 16.4 Å². The van der Waals surface area contributed by atoms with E-state index in [4.69, 9.17) is 33.3 Å². The van der Waals surface area contributed by atoms with E-state index in [1.54, 1.807) is 13.8 Å². The number of unbranched alkanes of at least 4 members (excludes halogenated alkanes) is 1. The lowest BCUT2D eigenvalue weighted by Crippen LogP contribution is -2.61. The highest BCUT2D eigenvalue weighted by atomic mass is 31.0. The molecule has 0 bridgehead atoms. The Morgan fingerprint density at radius 1 is 1.23 bits per heavy atom. The summed E-state index contributed by atoms with van der Waals surface area (Å²) in [6.07, 6.45) is 2.16. The molecule has 12 heteroatoms. The Morgan fingerprint density at radius 2 is 1.90 bits per heavy atom. The zero-order chi connectivity index (χ0) is 30.5. The van der Waals surface area contributed by atoms with Crippen LogP contribution in [-0.4, -0.2) is 80.3 Å². The van der Waals surface area contributed by atoms with Gasteiger partial charge in [0.2, 0.25) is 0 Å². The third-order valence-electron chi connectivity index (χ3n) is 7.16. The minimum absolute atomic E-state index is 0.000131. The molecule has 40 heavy (non-hydrogen) atoms. The average Bonchev–Trinajstić information content (AvgIpc) is 2.90. The molecule has 230 valence electrons. The number of carbonyl (C=O) groups is 4. The molecular weight excluding hydrogens is 543 g/mol. The summed E-state index contributed by atoms with van der Waals surface area (Å²) in [4.78, 5) is 48.0. The third kappa shape index (κ3) is 10.5. The van der Waals surface area contributed by atoms with Crippen molar-refractivity contribution >= 4 is 33.2 Å². The van der Waals surface area contributed by atoms with E-state index in [-0.39, 0.29) is 43.9 Å². The fraction of sp³-hybridized carbons (Fsp3) is 0.786. The number of rotatable bonds is 18. The van der Waals surface area contributed by atoms with E-state index < -0.39 is 41.1 Å². The summed E-state index contributed by atoms with van der Waals surface area (Å²) in [5, 5.41) is 8.89. The van der Waals surface area contributed by atoms with Crippen LogP contribution in [-0.2, 0) is 47.4 Å². The zero-order valence-corrected chi connectivity index (χ0v) is 26.0. The van der Waals surface area contributed by atoms with Crippen LogP contribution in [0.4, 0.5) is 0 Å². The SMILES string of the molecule is CCCCO[C@H](C)[C@@H](C[C@@H]1C/C(=C\C(=O)OC)[C@H](CC(C)=O)[C@](OC)(C(C)(C)COC(=O)CCC(=O)O)O1)OP. The Bertz CT molecular complexity index is 887. The van der Waals surface area contributed by atoms with Crippen LogP contribution < -0.4 is 0 Å². The molecule has 0 saturated carbocycles. The minimum atomic E-state index is -1.51. The van der Waals surface area contributed by atoms with Crippen LogP contribution in [0.2, 0.25) is 0 Å². The highest BCUT2D eigenvalue weighted by Gasteiger charge is 2.58. The first-order valence-corrected chi connectivity index (χ1v) is 14.1. The van der Waals surface area contributed by atoms with E-state index >= 15 is 0 Å². The fourth-order valence-corrected chi connectivity index (χ4v) is 5.29. The molecule has 0 amide bonds. The molecule has 6 atom stereocenters. The molecule has 0 aromatic heterocycles. The largest absolute Gasteiger partial charge is 0.481 e. The van der Waals surface area contributed by atoms with Crippen molar-refractivity contribution in [3.05, 3.63) is 11.6 Å². The Morgan fingerprint density at radius 3 is 2.42 bits per heavy atom. The number of ketones is 1. The summed E-state index contributed by atoms with van der Waals surface area (Å²) >= 11 is 0. The van der Waals surface area contributed by atoms with Crippen molar-refractivity contribution in [1.82, 2.24) is 0 Å². The molecule has 1 unspecified atom stereocenters. The van der Waals surface area contributed by atoms with Gasteiger partial charge in [0.15, 0.2) is 5.79 Å². The van der Waals surface area contributed by atoms with E-state index in [1.807, 2.05) is 6.92 Å². The second-order valence-electron chi connectivity index (χ2n) is 10.8. The summed E-state index contributed by atoms with van der Waals surface area (Å²) in [5.41, 5.74) is -0.442. The van der Waals surface area contributed by atoms with Crippen molar-refractivity contribution in [2.45, 2.75) is 104 Å². The molecule has 0 spiro atoms. The Balaban J connectivity index is 3.47. The number of carboxylic acid groups (broad SMARTS) is 1. The first kappa shape index (κ1) is 36.1. The predicted molar refractivity (Wildman–Crippen MR) is 149 cm³/mol. The lowest BCUT2D eigenvalue weighted by molar-refractivity contribution is -0.340. The van der Waals surface area contributed by atoms with Crippen molar-refractivity contribution in [2.75, 3.05) is 27.4 Å². The van der Waals surface area contributed by atoms with Crippen LogP contribution in [0, 0.1) is 11.3 Å². The molecule has 11 nitrogen and oxygen atoms in total. The van der Waals surface area contributed by atoms with Gasteiger partial charge in [0.25, 0.3) is 0 Å². The van der Waals surface area contributed by atoms with Crippen LogP contribution in [0.15, 0.2) is 11.6 Å². The molecule has 0 radical (unpaired) electrons. The number of methoxy groups -OCH3 is 2. The lowest BCUT2D eigenvalue weighted by atomic mass is 9.68. The molecule has 1 rings (SSSR count). The van der Waals surface area contributed by atoms with Crippen LogP contribution in [0.1, 0.15) is 79.6 Å². The van der Waals surface area contributed by atoms with Gasteiger partial charge in [-0.25, -0.2) is 4.79 Å². The van der Waals surface area contributed by atoms with Gasteiger partial charge in [-0.3, -0.25) is 9.59 Å². The molecule has 1 N–H and O–H groups in total. The van der Waals surface area contributed by atoms with Crippen molar-refractivity contribution in [1.29, 1.82) is 0 Å². The van der Waals surface area contributed by atoms with Gasteiger partial charge in [-0.05, 0) is 26.7 Å². The van der Waals surface area contributed by atoms with Gasteiger partial charge < -0.3 is 38.1 Å². The molecule has 1 aliphatic heterocycles. The number of ether oxygens (including phenoxy) is 5. The Kier molecular flexibility index (Phi) is 15.5. The molecule has 0 aromatic rings. The molecule has 0 aromatic carbocycles. The highest BCUT2D eigenvalue weighted by Crippen LogP contribution is 2.51. The Hall–Kier alpha value is -1.91. The maximum absolute atomic E-state index is 12.4. The average molecular weight is 591 g/mol. The second-order valence-corrected chi connectivity index (χ2v) is 11.1. The maximum Gasteiger partial charge on any atom is 0.330 e. The second kappa shape index (κ2) is 17.1. The number of carbonyl (C=O) groups excluding carboxylic acids is 3. The van der Waals surface area contributed by atoms with Crippen molar-refractivity contribution in [3.63, 3.8) is 0 Å².